The van der Waals surface area contributed by atoms with Crippen LogP contribution in [-0.2, 0) is 4.74 Å². The van der Waals surface area contributed by atoms with Crippen LogP contribution in [0.5, 0.6) is 0 Å². The van der Waals surface area contributed by atoms with Gasteiger partial charge in [0.15, 0.2) is 0 Å². The summed E-state index contributed by atoms with van der Waals surface area (Å²) >= 11 is 5.96. The van der Waals surface area contributed by atoms with Crippen LogP contribution in [0.2, 0.25) is 5.02 Å². The molecule has 0 atom stereocenters. The van der Waals surface area contributed by atoms with Crippen LogP contribution < -0.4 is 5.32 Å². The van der Waals surface area contributed by atoms with Gasteiger partial charge in [0.2, 0.25) is 0 Å². The number of unbranched alkanes of at least 4 members (excludes halogenated alkanes) is 1. The minimum atomic E-state index is 0.715. The highest BCUT2D eigenvalue weighted by atomic mass is 35.5. The van der Waals surface area contributed by atoms with Crippen LogP contribution in [0.1, 0.15) is 12.8 Å². The second-order valence-electron chi connectivity index (χ2n) is 4.15. The first-order valence-electron chi connectivity index (χ1n) is 6.08. The van der Waals surface area contributed by atoms with Gasteiger partial charge in [0.1, 0.15) is 0 Å². The van der Waals surface area contributed by atoms with E-state index in [1.54, 1.807) is 13.3 Å². The molecule has 0 aliphatic carbocycles. The molecule has 1 aromatic heterocycles. The Morgan fingerprint density at radius 1 is 1.28 bits per heavy atom. The van der Waals surface area contributed by atoms with Gasteiger partial charge in [-0.3, -0.25) is 4.98 Å². The van der Waals surface area contributed by atoms with E-state index in [1.807, 2.05) is 24.3 Å². The predicted molar refractivity (Wildman–Crippen MR) is 76.4 cm³/mol. The fourth-order valence-electron chi connectivity index (χ4n) is 1.87. The van der Waals surface area contributed by atoms with Crippen LogP contribution in [0.3, 0.4) is 0 Å². The van der Waals surface area contributed by atoms with Crippen LogP contribution in [0, 0.1) is 0 Å². The Kier molecular flexibility index (Phi) is 4.79. The molecule has 0 aliphatic heterocycles. The molecule has 18 heavy (non-hydrogen) atoms. The SMILES string of the molecule is COCCCCNc1ccnc2cc(Cl)ccc12. The summed E-state index contributed by atoms with van der Waals surface area (Å²) in [6.07, 6.45) is 3.96. The standard InChI is InChI=1S/C14H17ClN2O/c1-18-9-3-2-7-16-13-6-8-17-14-10-11(15)4-5-12(13)14/h4-6,8,10H,2-3,7,9H2,1H3,(H,16,17). The molecular formula is C14H17ClN2O. The molecule has 2 rings (SSSR count). The summed E-state index contributed by atoms with van der Waals surface area (Å²) in [5.74, 6) is 0. The Hall–Kier alpha value is -1.32. The first-order valence-corrected chi connectivity index (χ1v) is 6.46. The summed E-state index contributed by atoms with van der Waals surface area (Å²) in [4.78, 5) is 4.32. The molecule has 0 spiro atoms. The summed E-state index contributed by atoms with van der Waals surface area (Å²) < 4.78 is 5.03. The lowest BCUT2D eigenvalue weighted by molar-refractivity contribution is 0.194. The zero-order valence-corrected chi connectivity index (χ0v) is 11.2. The number of fused-ring (bicyclic) bond motifs is 1. The van der Waals surface area contributed by atoms with Crippen LogP contribution in [0.4, 0.5) is 5.69 Å². The highest BCUT2D eigenvalue weighted by molar-refractivity contribution is 6.31. The number of pyridine rings is 1. The van der Waals surface area contributed by atoms with Gasteiger partial charge in [-0.1, -0.05) is 11.6 Å². The predicted octanol–water partition coefficient (Wildman–Crippen LogP) is 3.73. The van der Waals surface area contributed by atoms with E-state index in [1.165, 1.54) is 0 Å². The van der Waals surface area contributed by atoms with Crippen molar-refractivity contribution < 1.29 is 4.74 Å². The molecule has 0 radical (unpaired) electrons. The van der Waals surface area contributed by atoms with E-state index < -0.39 is 0 Å². The molecular weight excluding hydrogens is 248 g/mol. The molecule has 0 bridgehead atoms. The molecule has 1 aromatic carbocycles. The van der Waals surface area contributed by atoms with E-state index in [0.717, 1.165) is 42.6 Å². The largest absolute Gasteiger partial charge is 0.385 e. The fraction of sp³-hybridized carbons (Fsp3) is 0.357. The zero-order valence-electron chi connectivity index (χ0n) is 10.4. The molecule has 3 nitrogen and oxygen atoms in total. The van der Waals surface area contributed by atoms with Crippen molar-refractivity contribution in [3.05, 3.63) is 35.5 Å². The van der Waals surface area contributed by atoms with Gasteiger partial charge in [-0.2, -0.15) is 0 Å². The number of hydrogen-bond donors (Lipinski definition) is 1. The van der Waals surface area contributed by atoms with E-state index >= 15 is 0 Å². The van der Waals surface area contributed by atoms with E-state index in [-0.39, 0.29) is 0 Å². The van der Waals surface area contributed by atoms with Crippen molar-refractivity contribution in [3.8, 4) is 0 Å². The second kappa shape index (κ2) is 6.57. The Labute approximate surface area is 112 Å². The quantitative estimate of drug-likeness (QED) is 0.808. The molecule has 2 aromatic rings. The Morgan fingerprint density at radius 3 is 3.00 bits per heavy atom. The van der Waals surface area contributed by atoms with E-state index in [2.05, 4.69) is 10.3 Å². The minimum absolute atomic E-state index is 0.715. The number of aromatic nitrogens is 1. The Bertz CT molecular complexity index is 516. The lowest BCUT2D eigenvalue weighted by atomic mass is 10.2. The number of rotatable bonds is 6. The molecule has 1 N–H and O–H groups in total. The molecule has 0 saturated carbocycles. The Balaban J connectivity index is 2.04. The van der Waals surface area contributed by atoms with Gasteiger partial charge in [-0.05, 0) is 37.1 Å². The highest BCUT2D eigenvalue weighted by Gasteiger charge is 2.01. The van der Waals surface area contributed by atoms with E-state index in [9.17, 15) is 0 Å². The number of halogens is 1. The van der Waals surface area contributed by atoms with Gasteiger partial charge in [0.25, 0.3) is 0 Å². The molecule has 96 valence electrons. The van der Waals surface area contributed by atoms with Gasteiger partial charge in [0.05, 0.1) is 5.52 Å². The lowest BCUT2D eigenvalue weighted by Crippen LogP contribution is -2.03. The zero-order chi connectivity index (χ0) is 12.8. The lowest BCUT2D eigenvalue weighted by Gasteiger charge is -2.09. The van der Waals surface area contributed by atoms with Crippen LogP contribution >= 0.6 is 11.6 Å². The molecule has 1 heterocycles. The average Bonchev–Trinajstić information content (AvgIpc) is 2.38. The van der Waals surface area contributed by atoms with Gasteiger partial charge in [-0.15, -0.1) is 0 Å². The first-order chi connectivity index (χ1) is 8.81. The molecule has 0 aliphatic rings. The summed E-state index contributed by atoms with van der Waals surface area (Å²) in [5, 5.41) is 5.25. The summed E-state index contributed by atoms with van der Waals surface area (Å²) in [6, 6.07) is 7.77. The monoisotopic (exact) mass is 264 g/mol. The van der Waals surface area contributed by atoms with Crippen LogP contribution in [0.25, 0.3) is 10.9 Å². The van der Waals surface area contributed by atoms with Crippen molar-refractivity contribution in [3.63, 3.8) is 0 Å². The van der Waals surface area contributed by atoms with Gasteiger partial charge in [-0.25, -0.2) is 0 Å². The van der Waals surface area contributed by atoms with Gasteiger partial charge >= 0.3 is 0 Å². The van der Waals surface area contributed by atoms with Crippen molar-refractivity contribution in [2.45, 2.75) is 12.8 Å². The first kappa shape index (κ1) is 13.1. The third-order valence-corrected chi connectivity index (χ3v) is 3.03. The van der Waals surface area contributed by atoms with Gasteiger partial charge in [0, 0.05) is 42.6 Å². The molecule has 0 fully saturated rings. The van der Waals surface area contributed by atoms with Crippen molar-refractivity contribution in [1.29, 1.82) is 0 Å². The maximum atomic E-state index is 5.96. The van der Waals surface area contributed by atoms with E-state index in [0.29, 0.717) is 5.02 Å². The maximum Gasteiger partial charge on any atom is 0.0737 e. The second-order valence-corrected chi connectivity index (χ2v) is 4.58. The van der Waals surface area contributed by atoms with Crippen molar-refractivity contribution >= 4 is 28.2 Å². The minimum Gasteiger partial charge on any atom is -0.385 e. The molecule has 0 unspecified atom stereocenters. The summed E-state index contributed by atoms with van der Waals surface area (Å²) in [6.45, 7) is 1.75. The third kappa shape index (κ3) is 3.34. The van der Waals surface area contributed by atoms with Crippen molar-refractivity contribution in [1.82, 2.24) is 4.98 Å². The number of nitrogens with zero attached hydrogens (tertiary/aromatic N) is 1. The van der Waals surface area contributed by atoms with Crippen LogP contribution in [-0.4, -0.2) is 25.2 Å². The topological polar surface area (TPSA) is 34.1 Å². The molecule has 4 heteroatoms. The van der Waals surface area contributed by atoms with Gasteiger partial charge < -0.3 is 10.1 Å². The number of hydrogen-bond acceptors (Lipinski definition) is 3. The van der Waals surface area contributed by atoms with Crippen molar-refractivity contribution in [2.75, 3.05) is 25.6 Å². The number of nitrogens with one attached hydrogen (secondary N) is 1. The summed E-state index contributed by atoms with van der Waals surface area (Å²) in [7, 11) is 1.73. The maximum absolute atomic E-state index is 5.96. The normalized spacial score (nSPS) is 10.8. The number of methoxy groups -OCH3 is 1. The smallest absolute Gasteiger partial charge is 0.0737 e. The molecule has 0 saturated heterocycles. The fourth-order valence-corrected chi connectivity index (χ4v) is 2.04. The molecule has 0 amide bonds. The van der Waals surface area contributed by atoms with Crippen molar-refractivity contribution in [2.24, 2.45) is 0 Å². The average molecular weight is 265 g/mol. The summed E-state index contributed by atoms with van der Waals surface area (Å²) in [5.41, 5.74) is 2.03. The number of anilines is 1. The van der Waals surface area contributed by atoms with E-state index in [4.69, 9.17) is 16.3 Å². The number of benzene rings is 1. The Morgan fingerprint density at radius 2 is 2.17 bits per heavy atom. The highest BCUT2D eigenvalue weighted by Crippen LogP contribution is 2.24. The van der Waals surface area contributed by atoms with Crippen LogP contribution in [0.15, 0.2) is 30.5 Å². The number of ether oxygens (including phenoxy) is 1. The third-order valence-electron chi connectivity index (χ3n) is 2.80.